The van der Waals surface area contributed by atoms with E-state index < -0.39 is 54.5 Å². The predicted octanol–water partition coefficient (Wildman–Crippen LogP) is -1.14. The molecule has 0 saturated heterocycles. The molecule has 178 valence electrons. The molecule has 8 N–H and O–H groups in total. The zero-order chi connectivity index (χ0) is 24.4. The summed E-state index contributed by atoms with van der Waals surface area (Å²) in [5.74, 6) is -3.30. The van der Waals surface area contributed by atoms with Crippen LogP contribution in [-0.4, -0.2) is 69.8 Å². The monoisotopic (exact) mass is 452 g/mol. The van der Waals surface area contributed by atoms with Gasteiger partial charge in [0.1, 0.15) is 30.4 Å². The van der Waals surface area contributed by atoms with E-state index in [4.69, 9.17) is 10.8 Å². The number of carbonyl (C=O) groups is 4. The van der Waals surface area contributed by atoms with Crippen molar-refractivity contribution in [1.29, 1.82) is 0 Å². The molecule has 0 heterocycles. The quantitative estimate of drug-likeness (QED) is 0.207. The molecule has 32 heavy (non-hydrogen) atoms. The van der Waals surface area contributed by atoms with Crippen molar-refractivity contribution in [3.05, 3.63) is 29.8 Å². The van der Waals surface area contributed by atoms with Crippen LogP contribution in [0.5, 0.6) is 5.75 Å². The summed E-state index contributed by atoms with van der Waals surface area (Å²) >= 11 is 0. The van der Waals surface area contributed by atoms with Crippen molar-refractivity contribution in [3.63, 3.8) is 0 Å². The number of carbonyl (C=O) groups excluding carboxylic acids is 3. The number of hydrogen-bond acceptors (Lipinski definition) is 7. The number of hydrogen-bond donors (Lipinski definition) is 7. The summed E-state index contributed by atoms with van der Waals surface area (Å²) in [7, 11) is 0. The van der Waals surface area contributed by atoms with Crippen LogP contribution in [0.25, 0.3) is 0 Å². The highest BCUT2D eigenvalue weighted by Gasteiger charge is 2.30. The van der Waals surface area contributed by atoms with Crippen molar-refractivity contribution in [2.24, 2.45) is 11.7 Å². The van der Waals surface area contributed by atoms with Gasteiger partial charge in [0, 0.05) is 6.42 Å². The maximum absolute atomic E-state index is 12.9. The number of aliphatic hydroxyl groups is 1. The van der Waals surface area contributed by atoms with Gasteiger partial charge in [0.25, 0.3) is 0 Å². The molecular formula is C21H32N4O7. The largest absolute Gasteiger partial charge is 0.508 e. The molecule has 0 fully saturated rings. The Hall–Kier alpha value is -3.18. The molecule has 0 bridgehead atoms. The number of aromatic hydroxyl groups is 1. The smallest absolute Gasteiger partial charge is 0.322 e. The van der Waals surface area contributed by atoms with Crippen LogP contribution in [0.15, 0.2) is 24.3 Å². The highest BCUT2D eigenvalue weighted by atomic mass is 16.4. The number of rotatable bonds is 12. The first kappa shape index (κ1) is 26.9. The van der Waals surface area contributed by atoms with Crippen LogP contribution in [0.4, 0.5) is 0 Å². The van der Waals surface area contributed by atoms with Gasteiger partial charge in [-0.1, -0.05) is 26.0 Å². The summed E-state index contributed by atoms with van der Waals surface area (Å²) in [6, 6.07) is 2.57. The third-order valence-corrected chi connectivity index (χ3v) is 4.59. The molecule has 0 aliphatic carbocycles. The minimum Gasteiger partial charge on any atom is -0.508 e. The summed E-state index contributed by atoms with van der Waals surface area (Å²) in [4.78, 5) is 48.5. The number of phenols is 1. The van der Waals surface area contributed by atoms with Gasteiger partial charge in [0.15, 0.2) is 0 Å². The Labute approximate surface area is 186 Å². The molecule has 0 radical (unpaired) electrons. The van der Waals surface area contributed by atoms with E-state index in [0.717, 1.165) is 0 Å². The predicted molar refractivity (Wildman–Crippen MR) is 115 cm³/mol. The summed E-state index contributed by atoms with van der Waals surface area (Å²) in [5.41, 5.74) is 6.25. The molecule has 1 aromatic rings. The van der Waals surface area contributed by atoms with Gasteiger partial charge in [-0.05, 0) is 37.0 Å². The molecule has 1 rings (SSSR count). The lowest BCUT2D eigenvalue weighted by atomic mass is 10.0. The molecule has 0 spiro atoms. The summed E-state index contributed by atoms with van der Waals surface area (Å²) in [6.07, 6.45) is -0.860. The first-order valence-electron chi connectivity index (χ1n) is 10.2. The molecular weight excluding hydrogens is 420 g/mol. The third-order valence-electron chi connectivity index (χ3n) is 4.59. The van der Waals surface area contributed by atoms with E-state index in [1.54, 1.807) is 12.1 Å². The summed E-state index contributed by atoms with van der Waals surface area (Å²) in [6.45, 7) is 4.40. The summed E-state index contributed by atoms with van der Waals surface area (Å²) in [5, 5.41) is 35.1. The Morgan fingerprint density at radius 1 is 0.938 bits per heavy atom. The SMILES string of the molecule is CC(C)CC(NC(=O)C(N)C(C)O)C(=O)NC(Cc1ccc(O)cc1)C(=O)NCC(=O)O. The van der Waals surface area contributed by atoms with Crippen molar-refractivity contribution >= 4 is 23.7 Å². The zero-order valence-electron chi connectivity index (χ0n) is 18.4. The number of aliphatic carboxylic acids is 1. The minimum atomic E-state index is -1.25. The van der Waals surface area contributed by atoms with Crippen molar-refractivity contribution < 1.29 is 34.5 Å². The number of phenolic OH excluding ortho intramolecular Hbond substituents is 1. The first-order chi connectivity index (χ1) is 14.9. The van der Waals surface area contributed by atoms with E-state index >= 15 is 0 Å². The Morgan fingerprint density at radius 3 is 2.00 bits per heavy atom. The zero-order valence-corrected chi connectivity index (χ0v) is 18.4. The lowest BCUT2D eigenvalue weighted by Crippen LogP contribution is -2.58. The molecule has 1 aromatic carbocycles. The first-order valence-corrected chi connectivity index (χ1v) is 10.2. The average molecular weight is 453 g/mol. The molecule has 4 unspecified atom stereocenters. The minimum absolute atomic E-state index is 0.00482. The van der Waals surface area contributed by atoms with Crippen LogP contribution in [0.2, 0.25) is 0 Å². The van der Waals surface area contributed by atoms with Crippen molar-refractivity contribution in [3.8, 4) is 5.75 Å². The standard InChI is InChI=1S/C21H32N4O7/c1-11(2)8-15(25-21(32)18(22)12(3)26)20(31)24-16(19(30)23-10-17(28)29)9-13-4-6-14(27)7-5-13/h4-7,11-12,15-16,18,26-27H,8-10,22H2,1-3H3,(H,23,30)(H,24,31)(H,25,32)(H,28,29). The fourth-order valence-corrected chi connectivity index (χ4v) is 2.83. The van der Waals surface area contributed by atoms with Gasteiger partial charge in [0.2, 0.25) is 17.7 Å². The van der Waals surface area contributed by atoms with Crippen LogP contribution in [0.3, 0.4) is 0 Å². The van der Waals surface area contributed by atoms with Crippen LogP contribution in [0, 0.1) is 5.92 Å². The lowest BCUT2D eigenvalue weighted by molar-refractivity contribution is -0.138. The maximum Gasteiger partial charge on any atom is 0.322 e. The van der Waals surface area contributed by atoms with E-state index in [1.165, 1.54) is 19.1 Å². The van der Waals surface area contributed by atoms with Gasteiger partial charge in [0.05, 0.1) is 6.10 Å². The molecule has 0 saturated carbocycles. The van der Waals surface area contributed by atoms with E-state index in [9.17, 15) is 29.4 Å². The van der Waals surface area contributed by atoms with E-state index in [0.29, 0.717) is 5.56 Å². The van der Waals surface area contributed by atoms with Gasteiger partial charge in [-0.25, -0.2) is 0 Å². The normalized spacial score (nSPS) is 14.7. The second-order valence-electron chi connectivity index (χ2n) is 8.00. The Balaban J connectivity index is 3.03. The fourth-order valence-electron chi connectivity index (χ4n) is 2.83. The van der Waals surface area contributed by atoms with Crippen LogP contribution >= 0.6 is 0 Å². The average Bonchev–Trinajstić information content (AvgIpc) is 2.71. The molecule has 11 heteroatoms. The number of carboxylic acids is 1. The molecule has 0 aromatic heterocycles. The number of carboxylic acid groups (broad SMARTS) is 1. The number of nitrogens with one attached hydrogen (secondary N) is 3. The van der Waals surface area contributed by atoms with Crippen LogP contribution < -0.4 is 21.7 Å². The highest BCUT2D eigenvalue weighted by molar-refractivity contribution is 5.93. The molecule has 0 aliphatic heterocycles. The molecule has 11 nitrogen and oxygen atoms in total. The van der Waals surface area contributed by atoms with Gasteiger partial charge < -0.3 is 37.0 Å². The highest BCUT2D eigenvalue weighted by Crippen LogP contribution is 2.12. The second-order valence-corrected chi connectivity index (χ2v) is 8.00. The second kappa shape index (κ2) is 12.6. The van der Waals surface area contributed by atoms with Crippen LogP contribution in [0.1, 0.15) is 32.8 Å². The topological polar surface area (TPSA) is 191 Å². The Morgan fingerprint density at radius 2 is 1.50 bits per heavy atom. The number of benzene rings is 1. The van der Waals surface area contributed by atoms with Crippen LogP contribution in [-0.2, 0) is 25.6 Å². The number of aliphatic hydroxyl groups excluding tert-OH is 1. The number of amides is 3. The van der Waals surface area contributed by atoms with Gasteiger partial charge in [-0.3, -0.25) is 19.2 Å². The van der Waals surface area contributed by atoms with Gasteiger partial charge in [-0.2, -0.15) is 0 Å². The number of nitrogens with two attached hydrogens (primary N) is 1. The maximum atomic E-state index is 12.9. The van der Waals surface area contributed by atoms with Gasteiger partial charge >= 0.3 is 5.97 Å². The fraction of sp³-hybridized carbons (Fsp3) is 0.524. The van der Waals surface area contributed by atoms with Crippen molar-refractivity contribution in [2.75, 3.05) is 6.54 Å². The van der Waals surface area contributed by atoms with E-state index in [1.807, 2.05) is 13.8 Å². The van der Waals surface area contributed by atoms with E-state index in [-0.39, 0.29) is 24.5 Å². The molecule has 4 atom stereocenters. The van der Waals surface area contributed by atoms with E-state index in [2.05, 4.69) is 16.0 Å². The Bertz CT molecular complexity index is 796. The van der Waals surface area contributed by atoms with Crippen molar-refractivity contribution in [1.82, 2.24) is 16.0 Å². The van der Waals surface area contributed by atoms with Gasteiger partial charge in [-0.15, -0.1) is 0 Å². The molecule has 3 amide bonds. The lowest BCUT2D eigenvalue weighted by Gasteiger charge is -2.25. The summed E-state index contributed by atoms with van der Waals surface area (Å²) < 4.78 is 0. The molecule has 0 aliphatic rings. The third kappa shape index (κ3) is 9.31. The van der Waals surface area contributed by atoms with Crippen molar-refractivity contribution in [2.45, 2.75) is 57.8 Å². The Kier molecular flexibility index (Phi) is 10.6.